The fourth-order valence-electron chi connectivity index (χ4n) is 3.49. The number of benzene rings is 1. The van der Waals surface area contributed by atoms with E-state index in [9.17, 15) is 14.7 Å². The number of nitrogens with zero attached hydrogens (tertiary/aromatic N) is 1. The third-order valence-electron chi connectivity index (χ3n) is 5.14. The molecule has 0 bridgehead atoms. The highest BCUT2D eigenvalue weighted by atomic mass is 16.5. The van der Waals surface area contributed by atoms with Crippen molar-refractivity contribution in [3.63, 3.8) is 0 Å². The van der Waals surface area contributed by atoms with Crippen LogP contribution in [0.4, 0.5) is 0 Å². The molecule has 3 rings (SSSR count). The first-order valence-corrected chi connectivity index (χ1v) is 9.83. The second kappa shape index (κ2) is 9.21. The molecule has 1 atom stereocenters. The third-order valence-corrected chi connectivity index (χ3v) is 5.14. The largest absolute Gasteiger partial charge is 0.493 e. The number of aromatic carboxylic acids is 1. The van der Waals surface area contributed by atoms with E-state index in [2.05, 4.69) is 0 Å². The maximum Gasteiger partial charge on any atom is 0.341 e. The molecule has 0 amide bonds. The van der Waals surface area contributed by atoms with Gasteiger partial charge in [-0.25, -0.2) is 4.79 Å². The highest BCUT2D eigenvalue weighted by Gasteiger charge is 2.28. The molecule has 1 unspecified atom stereocenters. The van der Waals surface area contributed by atoms with Crippen LogP contribution in [0.3, 0.4) is 0 Å². The average molecular weight is 417 g/mol. The summed E-state index contributed by atoms with van der Waals surface area (Å²) in [6, 6.07) is 4.72. The lowest BCUT2D eigenvalue weighted by Crippen LogP contribution is -2.25. The molecule has 1 N–H and O–H groups in total. The molecular formula is C22H27NO7. The van der Waals surface area contributed by atoms with Crippen molar-refractivity contribution >= 4 is 5.97 Å². The Kier molecular flexibility index (Phi) is 6.66. The van der Waals surface area contributed by atoms with E-state index < -0.39 is 11.4 Å². The minimum absolute atomic E-state index is 0.147. The summed E-state index contributed by atoms with van der Waals surface area (Å²) in [5.74, 6) is 0.483. The lowest BCUT2D eigenvalue weighted by molar-refractivity contribution is 0.0694. The molecule has 30 heavy (non-hydrogen) atoms. The molecule has 162 valence electrons. The number of rotatable bonds is 8. The molecule has 8 nitrogen and oxygen atoms in total. The average Bonchev–Trinajstić information content (AvgIpc) is 2.86. The van der Waals surface area contributed by atoms with Gasteiger partial charge in [-0.1, -0.05) is 13.8 Å². The second-order valence-corrected chi connectivity index (χ2v) is 7.47. The van der Waals surface area contributed by atoms with Crippen molar-refractivity contribution in [2.75, 3.05) is 34.0 Å². The summed E-state index contributed by atoms with van der Waals surface area (Å²) in [7, 11) is 3.18. The highest BCUT2D eigenvalue weighted by Crippen LogP contribution is 2.43. The minimum Gasteiger partial charge on any atom is -0.493 e. The van der Waals surface area contributed by atoms with E-state index >= 15 is 0 Å². The number of methoxy groups -OCH3 is 2. The summed E-state index contributed by atoms with van der Waals surface area (Å²) < 4.78 is 24.3. The van der Waals surface area contributed by atoms with Gasteiger partial charge in [-0.2, -0.15) is 0 Å². The number of ether oxygens (including phenoxy) is 4. The van der Waals surface area contributed by atoms with Gasteiger partial charge < -0.3 is 28.6 Å². The first kappa shape index (κ1) is 21.7. The Morgan fingerprint density at radius 2 is 2.00 bits per heavy atom. The molecule has 2 aromatic rings. The van der Waals surface area contributed by atoms with E-state index in [1.807, 2.05) is 18.4 Å². The van der Waals surface area contributed by atoms with E-state index in [0.29, 0.717) is 48.3 Å². The van der Waals surface area contributed by atoms with Crippen LogP contribution >= 0.6 is 0 Å². The molecule has 1 aromatic heterocycles. The molecule has 1 aliphatic heterocycles. The van der Waals surface area contributed by atoms with E-state index in [-0.39, 0.29) is 17.5 Å². The Morgan fingerprint density at radius 3 is 2.63 bits per heavy atom. The Labute approximate surface area is 174 Å². The molecule has 0 aliphatic carbocycles. The molecule has 8 heteroatoms. The lowest BCUT2D eigenvalue weighted by Gasteiger charge is -2.24. The summed E-state index contributed by atoms with van der Waals surface area (Å²) in [6.07, 6.45) is 2.13. The molecule has 1 aromatic carbocycles. The summed E-state index contributed by atoms with van der Waals surface area (Å²) in [5.41, 5.74) is 0.412. The SMILES string of the molecule is COCCCOc1cc2c(cc1OC)-c1cc(=O)c(C(=O)O)cn1C(C(C)C)CO2. The van der Waals surface area contributed by atoms with Crippen LogP contribution in [0, 0.1) is 5.92 Å². The smallest absolute Gasteiger partial charge is 0.341 e. The van der Waals surface area contributed by atoms with Gasteiger partial charge in [-0.15, -0.1) is 0 Å². The number of hydrogen-bond donors (Lipinski definition) is 1. The lowest BCUT2D eigenvalue weighted by atomic mass is 10.0. The van der Waals surface area contributed by atoms with Gasteiger partial charge in [0.05, 0.1) is 25.5 Å². The summed E-state index contributed by atoms with van der Waals surface area (Å²) in [5, 5.41) is 9.41. The zero-order valence-electron chi connectivity index (χ0n) is 17.6. The highest BCUT2D eigenvalue weighted by molar-refractivity contribution is 5.88. The van der Waals surface area contributed by atoms with Crippen LogP contribution in [0.15, 0.2) is 29.2 Å². The van der Waals surface area contributed by atoms with Crippen molar-refractivity contribution in [3.8, 4) is 28.5 Å². The second-order valence-electron chi connectivity index (χ2n) is 7.47. The van der Waals surface area contributed by atoms with Crippen LogP contribution in [0.25, 0.3) is 11.3 Å². The van der Waals surface area contributed by atoms with Gasteiger partial charge in [-0.3, -0.25) is 4.79 Å². The van der Waals surface area contributed by atoms with Gasteiger partial charge in [0.1, 0.15) is 17.9 Å². The molecule has 1 aliphatic rings. The van der Waals surface area contributed by atoms with Gasteiger partial charge in [0.15, 0.2) is 16.9 Å². The quantitative estimate of drug-likeness (QED) is 0.659. The fourth-order valence-corrected chi connectivity index (χ4v) is 3.49. The fraction of sp³-hybridized carbons (Fsp3) is 0.455. The van der Waals surface area contributed by atoms with Crippen LogP contribution < -0.4 is 19.6 Å². The van der Waals surface area contributed by atoms with E-state index in [1.54, 1.807) is 26.4 Å². The van der Waals surface area contributed by atoms with Crippen molar-refractivity contribution in [1.82, 2.24) is 4.57 Å². The van der Waals surface area contributed by atoms with E-state index in [0.717, 1.165) is 6.42 Å². The Bertz CT molecular complexity index is 980. The Morgan fingerprint density at radius 1 is 1.23 bits per heavy atom. The van der Waals surface area contributed by atoms with Gasteiger partial charge in [0.2, 0.25) is 0 Å². The molecule has 0 radical (unpaired) electrons. The monoisotopic (exact) mass is 417 g/mol. The summed E-state index contributed by atoms with van der Waals surface area (Å²) >= 11 is 0. The number of aromatic nitrogens is 1. The first-order chi connectivity index (χ1) is 14.4. The van der Waals surface area contributed by atoms with Gasteiger partial charge in [-0.05, 0) is 12.0 Å². The van der Waals surface area contributed by atoms with Gasteiger partial charge >= 0.3 is 5.97 Å². The number of carboxylic acid groups (broad SMARTS) is 1. The zero-order valence-corrected chi connectivity index (χ0v) is 17.6. The Hall–Kier alpha value is -3.00. The van der Waals surface area contributed by atoms with Crippen LogP contribution in [0.1, 0.15) is 36.7 Å². The van der Waals surface area contributed by atoms with Crippen molar-refractivity contribution < 1.29 is 28.8 Å². The molecule has 0 saturated heterocycles. The maximum atomic E-state index is 12.5. The normalized spacial score (nSPS) is 15.0. The summed E-state index contributed by atoms with van der Waals surface area (Å²) in [6.45, 7) is 5.42. The number of carboxylic acids is 1. The molecular weight excluding hydrogens is 390 g/mol. The van der Waals surface area contributed by atoms with Crippen molar-refractivity contribution in [2.24, 2.45) is 5.92 Å². The standard InChI is InChI=1S/C22H27NO7/c1-13(2)17-12-30-19-10-21(29-7-5-6-27-3)20(28-4)8-14(19)16-9-18(24)15(22(25)26)11-23(16)17/h8-11,13,17H,5-7,12H2,1-4H3,(H,25,26). The number of fused-ring (bicyclic) bond motifs is 3. The van der Waals surface area contributed by atoms with E-state index in [4.69, 9.17) is 18.9 Å². The minimum atomic E-state index is -1.25. The van der Waals surface area contributed by atoms with Crippen LogP contribution in [0.5, 0.6) is 17.2 Å². The maximum absolute atomic E-state index is 12.5. The number of pyridine rings is 1. The predicted molar refractivity (Wildman–Crippen MR) is 111 cm³/mol. The van der Waals surface area contributed by atoms with Gasteiger partial charge in [0.25, 0.3) is 0 Å². The Balaban J connectivity index is 2.13. The summed E-state index contributed by atoms with van der Waals surface area (Å²) in [4.78, 5) is 24.0. The number of hydrogen-bond acceptors (Lipinski definition) is 6. The molecule has 0 fully saturated rings. The zero-order chi connectivity index (χ0) is 21.8. The van der Waals surface area contributed by atoms with E-state index in [1.165, 1.54) is 12.3 Å². The predicted octanol–water partition coefficient (Wildman–Crippen LogP) is 3.23. The molecule has 0 spiro atoms. The van der Waals surface area contributed by atoms with Crippen LogP contribution in [0.2, 0.25) is 0 Å². The topological polar surface area (TPSA) is 96.2 Å². The first-order valence-electron chi connectivity index (χ1n) is 9.83. The van der Waals surface area contributed by atoms with Gasteiger partial charge in [0, 0.05) is 44.0 Å². The third kappa shape index (κ3) is 4.28. The van der Waals surface area contributed by atoms with Crippen molar-refractivity contribution in [2.45, 2.75) is 26.3 Å². The number of carbonyl (C=O) groups is 1. The van der Waals surface area contributed by atoms with Crippen LogP contribution in [-0.4, -0.2) is 49.7 Å². The van der Waals surface area contributed by atoms with Crippen molar-refractivity contribution in [1.29, 1.82) is 0 Å². The molecule has 2 heterocycles. The van der Waals surface area contributed by atoms with Crippen molar-refractivity contribution in [3.05, 3.63) is 40.2 Å². The van der Waals surface area contributed by atoms with Crippen LogP contribution in [-0.2, 0) is 4.74 Å². The molecule has 0 saturated carbocycles.